The molecule has 5 heteroatoms. The van der Waals surface area contributed by atoms with Crippen LogP contribution in [0.15, 0.2) is 29.3 Å². The molecule has 20 heavy (non-hydrogen) atoms. The third kappa shape index (κ3) is 5.74. The van der Waals surface area contributed by atoms with E-state index in [4.69, 9.17) is 4.74 Å². The highest BCUT2D eigenvalue weighted by Crippen LogP contribution is 2.12. The number of nitrogens with zero attached hydrogens (tertiary/aromatic N) is 2. The van der Waals surface area contributed by atoms with Crippen LogP contribution in [0.2, 0.25) is 0 Å². The highest BCUT2D eigenvalue weighted by molar-refractivity contribution is 7.98. The molecule has 0 radical (unpaired) electrons. The summed E-state index contributed by atoms with van der Waals surface area (Å²) in [4.78, 5) is 6.76. The van der Waals surface area contributed by atoms with Gasteiger partial charge in [0.1, 0.15) is 5.75 Å². The van der Waals surface area contributed by atoms with E-state index >= 15 is 0 Å². The lowest BCUT2D eigenvalue weighted by Gasteiger charge is -2.22. The fourth-order valence-electron chi connectivity index (χ4n) is 1.79. The Balaban J connectivity index is 2.63. The van der Waals surface area contributed by atoms with E-state index < -0.39 is 0 Å². The predicted octanol–water partition coefficient (Wildman–Crippen LogP) is 2.46. The van der Waals surface area contributed by atoms with Gasteiger partial charge < -0.3 is 15.0 Å². The largest absolute Gasteiger partial charge is 0.497 e. The normalized spacial score (nSPS) is 11.3. The van der Waals surface area contributed by atoms with Gasteiger partial charge in [-0.1, -0.05) is 12.1 Å². The minimum absolute atomic E-state index is 0.828. The van der Waals surface area contributed by atoms with Crippen molar-refractivity contribution in [1.29, 1.82) is 0 Å². The molecule has 0 saturated carbocycles. The number of aliphatic imine (C=N–C) groups is 1. The van der Waals surface area contributed by atoms with Gasteiger partial charge in [-0.3, -0.25) is 4.99 Å². The van der Waals surface area contributed by atoms with Crippen molar-refractivity contribution in [1.82, 2.24) is 10.2 Å². The summed E-state index contributed by atoms with van der Waals surface area (Å²) in [6.07, 6.45) is 2.10. The molecule has 0 unspecified atom stereocenters. The average molecular weight is 295 g/mol. The first-order valence-corrected chi connectivity index (χ1v) is 8.22. The minimum Gasteiger partial charge on any atom is -0.497 e. The van der Waals surface area contributed by atoms with Gasteiger partial charge in [-0.15, -0.1) is 0 Å². The molecule has 1 aromatic rings. The molecule has 4 nitrogen and oxygen atoms in total. The highest BCUT2D eigenvalue weighted by atomic mass is 32.2. The van der Waals surface area contributed by atoms with Crippen LogP contribution in [0.25, 0.3) is 0 Å². The molecule has 1 rings (SSSR count). The number of nitrogens with one attached hydrogen (secondary N) is 1. The van der Waals surface area contributed by atoms with E-state index in [9.17, 15) is 0 Å². The number of benzene rings is 1. The lowest BCUT2D eigenvalue weighted by molar-refractivity contribution is 0.414. The standard InChI is InChI=1S/C15H25N3OS/c1-5-16-15(17-10-11-20-4)18(2)12-13-6-8-14(19-3)9-7-13/h6-9H,5,10-12H2,1-4H3,(H,16,17). The quantitative estimate of drug-likeness (QED) is 0.476. The second-order valence-electron chi connectivity index (χ2n) is 4.43. The molecule has 0 aliphatic rings. The van der Waals surface area contributed by atoms with E-state index in [1.807, 2.05) is 23.9 Å². The first kappa shape index (κ1) is 16.7. The molecule has 0 saturated heterocycles. The Morgan fingerprint density at radius 1 is 1.35 bits per heavy atom. The minimum atomic E-state index is 0.828. The van der Waals surface area contributed by atoms with Gasteiger partial charge in [-0.2, -0.15) is 11.8 Å². The zero-order chi connectivity index (χ0) is 14.8. The van der Waals surface area contributed by atoms with Crippen molar-refractivity contribution in [3.8, 4) is 5.75 Å². The van der Waals surface area contributed by atoms with Crippen molar-refractivity contribution in [2.45, 2.75) is 13.5 Å². The van der Waals surface area contributed by atoms with Crippen molar-refractivity contribution in [3.05, 3.63) is 29.8 Å². The number of thioether (sulfide) groups is 1. The summed E-state index contributed by atoms with van der Waals surface area (Å²) in [5, 5.41) is 3.33. The molecule has 0 aliphatic heterocycles. The van der Waals surface area contributed by atoms with Crippen molar-refractivity contribution in [3.63, 3.8) is 0 Å². The highest BCUT2D eigenvalue weighted by Gasteiger charge is 2.06. The number of ether oxygens (including phenoxy) is 1. The van der Waals surface area contributed by atoms with E-state index in [1.165, 1.54) is 5.56 Å². The van der Waals surface area contributed by atoms with E-state index in [-0.39, 0.29) is 0 Å². The summed E-state index contributed by atoms with van der Waals surface area (Å²) in [6.45, 7) is 4.64. The predicted molar refractivity (Wildman–Crippen MR) is 88.8 cm³/mol. The fraction of sp³-hybridized carbons (Fsp3) is 0.533. The van der Waals surface area contributed by atoms with Gasteiger partial charge in [0.2, 0.25) is 0 Å². The topological polar surface area (TPSA) is 36.9 Å². The van der Waals surface area contributed by atoms with Crippen LogP contribution in [-0.2, 0) is 6.54 Å². The molecule has 0 spiro atoms. The Hall–Kier alpha value is -1.36. The van der Waals surface area contributed by atoms with Crippen LogP contribution in [0, 0.1) is 0 Å². The average Bonchev–Trinajstić information content (AvgIpc) is 2.47. The first-order valence-electron chi connectivity index (χ1n) is 6.82. The summed E-state index contributed by atoms with van der Waals surface area (Å²) in [7, 11) is 3.74. The maximum absolute atomic E-state index is 5.17. The van der Waals surface area contributed by atoms with Gasteiger partial charge in [0, 0.05) is 25.9 Å². The molecular weight excluding hydrogens is 270 g/mol. The van der Waals surface area contributed by atoms with Crippen LogP contribution >= 0.6 is 11.8 Å². The van der Waals surface area contributed by atoms with Crippen LogP contribution in [0.5, 0.6) is 5.75 Å². The lowest BCUT2D eigenvalue weighted by atomic mass is 10.2. The molecule has 0 fully saturated rings. The maximum Gasteiger partial charge on any atom is 0.193 e. The number of methoxy groups -OCH3 is 1. The Kier molecular flexibility index (Phi) is 7.95. The van der Waals surface area contributed by atoms with Gasteiger partial charge in [0.25, 0.3) is 0 Å². The van der Waals surface area contributed by atoms with Gasteiger partial charge in [-0.25, -0.2) is 0 Å². The summed E-state index contributed by atoms with van der Waals surface area (Å²) in [6, 6.07) is 8.14. The van der Waals surface area contributed by atoms with E-state index in [0.717, 1.165) is 37.1 Å². The third-order valence-corrected chi connectivity index (χ3v) is 3.42. The molecule has 0 amide bonds. The van der Waals surface area contributed by atoms with E-state index in [0.29, 0.717) is 0 Å². The van der Waals surface area contributed by atoms with Crippen LogP contribution < -0.4 is 10.1 Å². The van der Waals surface area contributed by atoms with Crippen molar-refractivity contribution in [2.24, 2.45) is 4.99 Å². The van der Waals surface area contributed by atoms with Gasteiger partial charge in [-0.05, 0) is 30.9 Å². The monoisotopic (exact) mass is 295 g/mol. The second-order valence-corrected chi connectivity index (χ2v) is 5.42. The molecule has 0 atom stereocenters. The fourth-order valence-corrected chi connectivity index (χ4v) is 2.07. The lowest BCUT2D eigenvalue weighted by Crippen LogP contribution is -2.38. The molecule has 0 aliphatic carbocycles. The number of guanidine groups is 1. The Morgan fingerprint density at radius 3 is 2.60 bits per heavy atom. The third-order valence-electron chi connectivity index (χ3n) is 2.83. The molecule has 0 bridgehead atoms. The Morgan fingerprint density at radius 2 is 2.05 bits per heavy atom. The molecule has 0 aromatic heterocycles. The zero-order valence-corrected chi connectivity index (χ0v) is 13.7. The first-order chi connectivity index (χ1) is 9.71. The Labute approximate surface area is 126 Å². The number of hydrogen-bond donors (Lipinski definition) is 1. The molecule has 1 aromatic carbocycles. The molecule has 1 N–H and O–H groups in total. The van der Waals surface area contributed by atoms with Crippen molar-refractivity contribution >= 4 is 17.7 Å². The van der Waals surface area contributed by atoms with Gasteiger partial charge in [0.05, 0.1) is 13.7 Å². The molecule has 0 heterocycles. The van der Waals surface area contributed by atoms with Crippen LogP contribution in [-0.4, -0.2) is 50.1 Å². The van der Waals surface area contributed by atoms with Crippen LogP contribution in [0.1, 0.15) is 12.5 Å². The van der Waals surface area contributed by atoms with Crippen molar-refractivity contribution in [2.75, 3.05) is 39.3 Å². The second kappa shape index (κ2) is 9.53. The maximum atomic E-state index is 5.17. The molecule has 112 valence electrons. The van der Waals surface area contributed by atoms with Gasteiger partial charge >= 0.3 is 0 Å². The smallest absolute Gasteiger partial charge is 0.193 e. The summed E-state index contributed by atoms with van der Waals surface area (Å²) in [5.74, 6) is 2.89. The summed E-state index contributed by atoms with van der Waals surface area (Å²) < 4.78 is 5.17. The van der Waals surface area contributed by atoms with Gasteiger partial charge in [0.15, 0.2) is 5.96 Å². The SMILES string of the molecule is CCNC(=NCCSC)N(C)Cc1ccc(OC)cc1. The molecular formula is C15H25N3OS. The summed E-state index contributed by atoms with van der Waals surface area (Å²) >= 11 is 1.81. The van der Waals surface area contributed by atoms with E-state index in [1.54, 1.807) is 7.11 Å². The van der Waals surface area contributed by atoms with E-state index in [2.05, 4.69) is 47.6 Å². The number of rotatable bonds is 7. The Bertz CT molecular complexity index is 406. The summed E-state index contributed by atoms with van der Waals surface area (Å²) in [5.41, 5.74) is 1.24. The van der Waals surface area contributed by atoms with Crippen LogP contribution in [0.4, 0.5) is 0 Å². The number of hydrogen-bond acceptors (Lipinski definition) is 3. The zero-order valence-electron chi connectivity index (χ0n) is 12.8. The van der Waals surface area contributed by atoms with Crippen LogP contribution in [0.3, 0.4) is 0 Å². The van der Waals surface area contributed by atoms with Crippen molar-refractivity contribution < 1.29 is 4.74 Å².